The minimum atomic E-state index is -1.25. The zero-order chi connectivity index (χ0) is 9.07. The van der Waals surface area contributed by atoms with Crippen molar-refractivity contribution >= 4 is 0 Å². The van der Waals surface area contributed by atoms with Crippen molar-refractivity contribution < 1.29 is 9.50 Å². The molecule has 1 unspecified atom stereocenters. The minimum absolute atomic E-state index is 0.0539. The van der Waals surface area contributed by atoms with Crippen LogP contribution in [0.4, 0.5) is 4.39 Å². The SMILES string of the molecule is CC(C)CC(CO)C(C)(C)F. The van der Waals surface area contributed by atoms with Crippen LogP contribution in [0.3, 0.4) is 0 Å². The standard InChI is InChI=1S/C9H19FO/c1-7(2)5-8(6-11)9(3,4)10/h7-8,11H,5-6H2,1-4H3. The molecule has 1 N–H and O–H groups in total. The Hall–Kier alpha value is -0.110. The molecular formula is C9H19FO. The third-order valence-corrected chi connectivity index (χ3v) is 1.95. The van der Waals surface area contributed by atoms with Crippen LogP contribution in [-0.4, -0.2) is 17.4 Å². The zero-order valence-electron chi connectivity index (χ0n) is 7.89. The first kappa shape index (κ1) is 10.9. The fourth-order valence-corrected chi connectivity index (χ4v) is 1.14. The molecule has 68 valence electrons. The summed E-state index contributed by atoms with van der Waals surface area (Å²) in [6, 6.07) is 0. The van der Waals surface area contributed by atoms with Crippen molar-refractivity contribution in [2.24, 2.45) is 11.8 Å². The van der Waals surface area contributed by atoms with Crippen molar-refractivity contribution in [3.8, 4) is 0 Å². The van der Waals surface area contributed by atoms with Gasteiger partial charge in [0.15, 0.2) is 0 Å². The predicted octanol–water partition coefficient (Wildman–Crippen LogP) is 2.39. The molecule has 1 nitrogen and oxygen atoms in total. The first-order valence-corrected chi connectivity index (χ1v) is 4.17. The molecule has 0 saturated heterocycles. The van der Waals surface area contributed by atoms with Crippen molar-refractivity contribution in [2.75, 3.05) is 6.61 Å². The molecule has 0 bridgehead atoms. The molecule has 1 atom stereocenters. The Morgan fingerprint density at radius 3 is 1.91 bits per heavy atom. The van der Waals surface area contributed by atoms with Gasteiger partial charge < -0.3 is 5.11 Å². The summed E-state index contributed by atoms with van der Waals surface area (Å²) in [6.07, 6.45) is 0.750. The van der Waals surface area contributed by atoms with Crippen LogP contribution in [0.25, 0.3) is 0 Å². The Morgan fingerprint density at radius 2 is 1.82 bits per heavy atom. The van der Waals surface area contributed by atoms with Gasteiger partial charge in [-0.25, -0.2) is 4.39 Å². The van der Waals surface area contributed by atoms with Gasteiger partial charge in [-0.1, -0.05) is 13.8 Å². The van der Waals surface area contributed by atoms with E-state index < -0.39 is 5.67 Å². The van der Waals surface area contributed by atoms with Gasteiger partial charge in [-0.3, -0.25) is 0 Å². The zero-order valence-corrected chi connectivity index (χ0v) is 7.89. The lowest BCUT2D eigenvalue weighted by Crippen LogP contribution is -2.30. The van der Waals surface area contributed by atoms with Gasteiger partial charge in [0.25, 0.3) is 0 Å². The van der Waals surface area contributed by atoms with E-state index in [1.54, 1.807) is 0 Å². The van der Waals surface area contributed by atoms with Gasteiger partial charge in [-0.2, -0.15) is 0 Å². The molecule has 0 radical (unpaired) electrons. The van der Waals surface area contributed by atoms with E-state index in [-0.39, 0.29) is 12.5 Å². The van der Waals surface area contributed by atoms with Gasteiger partial charge >= 0.3 is 0 Å². The van der Waals surface area contributed by atoms with Gasteiger partial charge in [-0.05, 0) is 26.2 Å². The van der Waals surface area contributed by atoms with Crippen LogP contribution in [0.2, 0.25) is 0 Å². The second kappa shape index (κ2) is 4.05. The Bertz CT molecular complexity index is 105. The first-order chi connectivity index (χ1) is 4.88. The number of halogens is 1. The average Bonchev–Trinajstić information content (AvgIpc) is 1.79. The summed E-state index contributed by atoms with van der Waals surface area (Å²) in [5.74, 6) is 0.227. The largest absolute Gasteiger partial charge is 0.396 e. The van der Waals surface area contributed by atoms with Crippen LogP contribution in [0.15, 0.2) is 0 Å². The van der Waals surface area contributed by atoms with E-state index in [0.29, 0.717) is 5.92 Å². The van der Waals surface area contributed by atoms with E-state index in [9.17, 15) is 4.39 Å². The quantitative estimate of drug-likeness (QED) is 0.673. The summed E-state index contributed by atoms with van der Waals surface area (Å²) in [5, 5.41) is 8.87. The van der Waals surface area contributed by atoms with Gasteiger partial charge in [-0.15, -0.1) is 0 Å². The summed E-state index contributed by atoms with van der Waals surface area (Å²) >= 11 is 0. The third kappa shape index (κ3) is 4.35. The molecule has 0 aromatic heterocycles. The molecule has 0 aliphatic carbocycles. The van der Waals surface area contributed by atoms with Crippen LogP contribution < -0.4 is 0 Å². The van der Waals surface area contributed by atoms with Crippen molar-refractivity contribution in [2.45, 2.75) is 39.8 Å². The van der Waals surface area contributed by atoms with Crippen molar-refractivity contribution in [1.29, 1.82) is 0 Å². The second-order valence-corrected chi connectivity index (χ2v) is 4.07. The highest BCUT2D eigenvalue weighted by Crippen LogP contribution is 2.26. The van der Waals surface area contributed by atoms with E-state index in [0.717, 1.165) is 6.42 Å². The monoisotopic (exact) mass is 162 g/mol. The predicted molar refractivity (Wildman–Crippen MR) is 45.2 cm³/mol. The van der Waals surface area contributed by atoms with Crippen molar-refractivity contribution in [3.05, 3.63) is 0 Å². The molecule has 0 heterocycles. The average molecular weight is 162 g/mol. The topological polar surface area (TPSA) is 20.2 Å². The lowest BCUT2D eigenvalue weighted by atomic mass is 9.86. The molecule has 0 spiro atoms. The summed E-state index contributed by atoms with van der Waals surface area (Å²) in [6.45, 7) is 7.07. The van der Waals surface area contributed by atoms with E-state index in [1.165, 1.54) is 13.8 Å². The second-order valence-electron chi connectivity index (χ2n) is 4.07. The minimum Gasteiger partial charge on any atom is -0.396 e. The van der Waals surface area contributed by atoms with E-state index >= 15 is 0 Å². The van der Waals surface area contributed by atoms with E-state index in [2.05, 4.69) is 0 Å². The summed E-state index contributed by atoms with van der Waals surface area (Å²) in [7, 11) is 0. The molecular weight excluding hydrogens is 143 g/mol. The molecule has 0 rings (SSSR count). The molecule has 0 aliphatic rings. The van der Waals surface area contributed by atoms with E-state index in [4.69, 9.17) is 5.11 Å². The van der Waals surface area contributed by atoms with Crippen LogP contribution in [0, 0.1) is 11.8 Å². The maximum Gasteiger partial charge on any atom is 0.110 e. The van der Waals surface area contributed by atoms with Crippen LogP contribution in [-0.2, 0) is 0 Å². The summed E-state index contributed by atoms with van der Waals surface area (Å²) in [4.78, 5) is 0. The lowest BCUT2D eigenvalue weighted by molar-refractivity contribution is 0.0581. The first-order valence-electron chi connectivity index (χ1n) is 4.17. The lowest BCUT2D eigenvalue weighted by Gasteiger charge is -2.26. The van der Waals surface area contributed by atoms with Crippen molar-refractivity contribution in [3.63, 3.8) is 0 Å². The van der Waals surface area contributed by atoms with Crippen LogP contribution in [0.5, 0.6) is 0 Å². The number of hydrogen-bond acceptors (Lipinski definition) is 1. The normalized spacial score (nSPS) is 15.5. The Balaban J connectivity index is 3.96. The highest BCUT2D eigenvalue weighted by atomic mass is 19.1. The highest BCUT2D eigenvalue weighted by molar-refractivity contribution is 4.77. The van der Waals surface area contributed by atoms with Crippen LogP contribution in [0.1, 0.15) is 34.1 Å². The van der Waals surface area contributed by atoms with Crippen LogP contribution >= 0.6 is 0 Å². The van der Waals surface area contributed by atoms with Gasteiger partial charge in [0.1, 0.15) is 5.67 Å². The van der Waals surface area contributed by atoms with Crippen molar-refractivity contribution in [1.82, 2.24) is 0 Å². The van der Waals surface area contributed by atoms with E-state index in [1.807, 2.05) is 13.8 Å². The molecule has 0 fully saturated rings. The number of alkyl halides is 1. The fourth-order valence-electron chi connectivity index (χ4n) is 1.14. The molecule has 0 amide bonds. The maximum atomic E-state index is 13.3. The Morgan fingerprint density at radius 1 is 1.36 bits per heavy atom. The summed E-state index contributed by atoms with van der Waals surface area (Å²) < 4.78 is 13.3. The highest BCUT2D eigenvalue weighted by Gasteiger charge is 2.28. The van der Waals surface area contributed by atoms with Gasteiger partial charge in [0, 0.05) is 12.5 Å². The molecule has 0 saturated carbocycles. The number of aliphatic hydroxyl groups excluding tert-OH is 1. The fraction of sp³-hybridized carbons (Fsp3) is 1.00. The van der Waals surface area contributed by atoms with Gasteiger partial charge in [0.2, 0.25) is 0 Å². The summed E-state index contributed by atoms with van der Waals surface area (Å²) in [5.41, 5.74) is -1.25. The Kier molecular flexibility index (Phi) is 4.01. The number of aliphatic hydroxyl groups is 1. The number of rotatable bonds is 4. The van der Waals surface area contributed by atoms with Gasteiger partial charge in [0.05, 0.1) is 0 Å². The molecule has 0 aromatic carbocycles. The molecule has 2 heteroatoms. The molecule has 11 heavy (non-hydrogen) atoms. The maximum absolute atomic E-state index is 13.3. The molecule has 0 aliphatic heterocycles. The smallest absolute Gasteiger partial charge is 0.110 e. The number of hydrogen-bond donors (Lipinski definition) is 1. The Labute approximate surface area is 68.6 Å². The molecule has 0 aromatic rings. The third-order valence-electron chi connectivity index (χ3n) is 1.95.